The molecule has 2 atom stereocenters. The predicted octanol–water partition coefficient (Wildman–Crippen LogP) is 3.57. The van der Waals surface area contributed by atoms with Crippen LogP contribution in [0.3, 0.4) is 0 Å². The summed E-state index contributed by atoms with van der Waals surface area (Å²) in [7, 11) is 1.01. The summed E-state index contributed by atoms with van der Waals surface area (Å²) >= 11 is 1.15. The third kappa shape index (κ3) is 5.34. The first-order chi connectivity index (χ1) is 16.0. The molecular weight excluding hydrogens is 486 g/mol. The van der Waals surface area contributed by atoms with Crippen LogP contribution in [0.2, 0.25) is 0 Å². The number of hydrogen-bond acceptors (Lipinski definition) is 9. The maximum Gasteiger partial charge on any atom is 0.513 e. The number of alkyl halides is 3. The van der Waals surface area contributed by atoms with Gasteiger partial charge in [-0.05, 0) is 24.6 Å². The molecule has 2 unspecified atom stereocenters. The SMILES string of the molecule is COC(=O)OC1=C(COC(C(=O)O)C(F)(F)F)NC(c2nccs2)=NC1(C)c1ccc(F)cc1. The molecule has 2 N–H and O–H groups in total. The fraction of sp³-hybridized carbons (Fsp3) is 0.300. The van der Waals surface area contributed by atoms with E-state index < -0.39 is 42.4 Å². The molecule has 0 aliphatic carbocycles. The second-order valence-electron chi connectivity index (χ2n) is 6.94. The smallest absolute Gasteiger partial charge is 0.479 e. The van der Waals surface area contributed by atoms with Crippen molar-refractivity contribution in [3.8, 4) is 0 Å². The van der Waals surface area contributed by atoms with Crippen LogP contribution < -0.4 is 5.32 Å². The molecule has 1 aromatic heterocycles. The van der Waals surface area contributed by atoms with Gasteiger partial charge in [-0.25, -0.2) is 24.0 Å². The number of rotatable bonds is 7. The van der Waals surface area contributed by atoms with Gasteiger partial charge in [-0.1, -0.05) is 12.1 Å². The summed E-state index contributed by atoms with van der Waals surface area (Å²) in [5.74, 6) is -3.08. The molecule has 182 valence electrons. The molecule has 0 fully saturated rings. The molecule has 0 saturated heterocycles. The quantitative estimate of drug-likeness (QED) is 0.435. The van der Waals surface area contributed by atoms with Gasteiger partial charge in [0.2, 0.25) is 0 Å². The molecule has 34 heavy (non-hydrogen) atoms. The van der Waals surface area contributed by atoms with Crippen molar-refractivity contribution in [3.63, 3.8) is 0 Å². The predicted molar refractivity (Wildman–Crippen MR) is 109 cm³/mol. The minimum atomic E-state index is -5.21. The summed E-state index contributed by atoms with van der Waals surface area (Å²) in [4.78, 5) is 31.7. The van der Waals surface area contributed by atoms with Gasteiger partial charge in [-0.2, -0.15) is 13.2 Å². The number of thiazole rings is 1. The van der Waals surface area contributed by atoms with E-state index >= 15 is 0 Å². The molecule has 1 aromatic carbocycles. The van der Waals surface area contributed by atoms with Gasteiger partial charge in [0, 0.05) is 11.6 Å². The van der Waals surface area contributed by atoms with E-state index in [9.17, 15) is 27.2 Å². The van der Waals surface area contributed by atoms with Crippen LogP contribution in [0.5, 0.6) is 0 Å². The Kier molecular flexibility index (Phi) is 7.21. The molecule has 0 saturated carbocycles. The molecule has 2 heterocycles. The standard InChI is InChI=1S/C20H17F4N3O6S/c1-19(10-3-5-11(21)6-4-10)13(33-18(30)31-2)12(9-32-14(17(28)29)20(22,23)24)26-15(27-19)16-25-7-8-34-16/h3-8,14H,9H2,1-2H3,(H,26,27)(H,28,29). The molecule has 3 rings (SSSR count). The number of benzene rings is 1. The van der Waals surface area contributed by atoms with E-state index in [1.165, 1.54) is 25.3 Å². The monoisotopic (exact) mass is 503 g/mol. The molecule has 0 radical (unpaired) electrons. The second-order valence-corrected chi connectivity index (χ2v) is 7.83. The van der Waals surface area contributed by atoms with Crippen LogP contribution in [-0.2, 0) is 24.5 Å². The Balaban J connectivity index is 2.14. The summed E-state index contributed by atoms with van der Waals surface area (Å²) in [6.07, 6.45) is -8.12. The van der Waals surface area contributed by atoms with Crippen LogP contribution in [-0.4, -0.2) is 54.0 Å². The van der Waals surface area contributed by atoms with Crippen LogP contribution in [0.25, 0.3) is 0 Å². The lowest BCUT2D eigenvalue weighted by Gasteiger charge is -2.34. The number of nitrogens with one attached hydrogen (secondary N) is 1. The topological polar surface area (TPSA) is 119 Å². The van der Waals surface area contributed by atoms with Gasteiger partial charge in [0.15, 0.2) is 16.6 Å². The van der Waals surface area contributed by atoms with Crippen molar-refractivity contribution in [2.24, 2.45) is 4.99 Å². The highest BCUT2D eigenvalue weighted by Crippen LogP contribution is 2.39. The van der Waals surface area contributed by atoms with Crippen LogP contribution in [0, 0.1) is 5.82 Å². The molecule has 0 bridgehead atoms. The largest absolute Gasteiger partial charge is 0.513 e. The van der Waals surface area contributed by atoms with Gasteiger partial charge in [-0.15, -0.1) is 11.3 Å². The fourth-order valence-corrected chi connectivity index (χ4v) is 3.65. The van der Waals surface area contributed by atoms with Gasteiger partial charge in [0.25, 0.3) is 6.10 Å². The fourth-order valence-electron chi connectivity index (χ4n) is 3.07. The van der Waals surface area contributed by atoms with Crippen molar-refractivity contribution in [2.45, 2.75) is 24.7 Å². The molecule has 9 nitrogen and oxygen atoms in total. The van der Waals surface area contributed by atoms with Gasteiger partial charge >= 0.3 is 18.3 Å². The zero-order chi connectivity index (χ0) is 25.1. The number of methoxy groups -OCH3 is 1. The van der Waals surface area contributed by atoms with Gasteiger partial charge < -0.3 is 24.6 Å². The number of aliphatic imine (C=N–C) groups is 1. The number of aromatic nitrogens is 1. The lowest BCUT2D eigenvalue weighted by Crippen LogP contribution is -2.44. The number of hydrogen-bond donors (Lipinski definition) is 2. The highest BCUT2D eigenvalue weighted by molar-refractivity contribution is 7.11. The minimum Gasteiger partial charge on any atom is -0.479 e. The molecule has 1 aliphatic rings. The Morgan fingerprint density at radius 1 is 1.26 bits per heavy atom. The first-order valence-electron chi connectivity index (χ1n) is 9.39. The Morgan fingerprint density at radius 3 is 2.47 bits per heavy atom. The van der Waals surface area contributed by atoms with E-state index in [4.69, 9.17) is 9.84 Å². The van der Waals surface area contributed by atoms with Crippen LogP contribution >= 0.6 is 11.3 Å². The third-order valence-electron chi connectivity index (χ3n) is 4.63. The highest BCUT2D eigenvalue weighted by Gasteiger charge is 2.48. The number of halogens is 4. The van der Waals surface area contributed by atoms with Crippen molar-refractivity contribution < 1.29 is 46.5 Å². The van der Waals surface area contributed by atoms with Crippen molar-refractivity contribution in [1.29, 1.82) is 0 Å². The number of carbonyl (C=O) groups excluding carboxylic acids is 1. The van der Waals surface area contributed by atoms with Crippen molar-refractivity contribution in [1.82, 2.24) is 10.3 Å². The Labute approximate surface area is 193 Å². The van der Waals surface area contributed by atoms with E-state index in [0.29, 0.717) is 10.6 Å². The molecular formula is C20H17F4N3O6S. The van der Waals surface area contributed by atoms with E-state index in [-0.39, 0.29) is 17.3 Å². The molecule has 14 heteroatoms. The Bertz CT molecular complexity index is 1120. The van der Waals surface area contributed by atoms with Crippen molar-refractivity contribution in [2.75, 3.05) is 13.7 Å². The highest BCUT2D eigenvalue weighted by atomic mass is 32.1. The van der Waals surface area contributed by atoms with Gasteiger partial charge in [0.05, 0.1) is 19.4 Å². The normalized spacial score (nSPS) is 19.2. The zero-order valence-electron chi connectivity index (χ0n) is 17.6. The number of amidine groups is 1. The third-order valence-corrected chi connectivity index (χ3v) is 5.41. The van der Waals surface area contributed by atoms with Gasteiger partial charge in [0.1, 0.15) is 11.4 Å². The number of carboxylic acids is 1. The van der Waals surface area contributed by atoms with E-state index in [2.05, 4.69) is 24.8 Å². The number of carboxylic acid groups (broad SMARTS) is 1. The van der Waals surface area contributed by atoms with Crippen LogP contribution in [0.15, 0.2) is 52.3 Å². The van der Waals surface area contributed by atoms with Crippen LogP contribution in [0.1, 0.15) is 17.5 Å². The first-order valence-corrected chi connectivity index (χ1v) is 10.3. The summed E-state index contributed by atoms with van der Waals surface area (Å²) in [5, 5.41) is 13.6. The summed E-state index contributed by atoms with van der Waals surface area (Å²) in [5.41, 5.74) is -1.54. The first kappa shape index (κ1) is 25.1. The second kappa shape index (κ2) is 9.77. The Hall–Kier alpha value is -3.52. The summed E-state index contributed by atoms with van der Waals surface area (Å²) < 4.78 is 67.3. The van der Waals surface area contributed by atoms with E-state index in [1.807, 2.05) is 0 Å². The molecule has 2 aromatic rings. The lowest BCUT2D eigenvalue weighted by atomic mass is 9.88. The van der Waals surface area contributed by atoms with Gasteiger partial charge in [-0.3, -0.25) is 0 Å². The van der Waals surface area contributed by atoms with E-state index in [0.717, 1.165) is 30.6 Å². The zero-order valence-corrected chi connectivity index (χ0v) is 18.4. The number of ether oxygens (including phenoxy) is 3. The summed E-state index contributed by atoms with van der Waals surface area (Å²) in [6, 6.07) is 4.94. The average molecular weight is 503 g/mol. The number of carbonyl (C=O) groups is 2. The van der Waals surface area contributed by atoms with E-state index in [1.54, 1.807) is 5.38 Å². The lowest BCUT2D eigenvalue weighted by molar-refractivity contribution is -0.225. The maximum atomic E-state index is 13.6. The summed E-state index contributed by atoms with van der Waals surface area (Å²) in [6.45, 7) is 0.495. The maximum absolute atomic E-state index is 13.6. The Morgan fingerprint density at radius 2 is 1.94 bits per heavy atom. The molecule has 1 aliphatic heterocycles. The molecule has 0 spiro atoms. The number of nitrogens with zero attached hydrogens (tertiary/aromatic N) is 2. The number of aliphatic carboxylic acids is 1. The molecule has 0 amide bonds. The minimum absolute atomic E-state index is 0.0801. The van der Waals surface area contributed by atoms with Crippen molar-refractivity contribution >= 4 is 29.3 Å². The van der Waals surface area contributed by atoms with Crippen molar-refractivity contribution in [3.05, 3.63) is 63.7 Å². The van der Waals surface area contributed by atoms with Crippen LogP contribution in [0.4, 0.5) is 22.4 Å². The average Bonchev–Trinajstić information content (AvgIpc) is 3.30.